The SMILES string of the molecule is CCCCCCOc1ccc2c(C)c(OCCCCCCCl)ccc2c1. The summed E-state index contributed by atoms with van der Waals surface area (Å²) in [6.07, 6.45) is 9.46. The number of halogens is 1. The van der Waals surface area contributed by atoms with E-state index in [1.54, 1.807) is 0 Å². The highest BCUT2D eigenvalue weighted by Crippen LogP contribution is 2.30. The first-order valence-corrected chi connectivity index (χ1v) is 10.6. The fraction of sp³-hybridized carbons (Fsp3) is 0.565. The zero-order chi connectivity index (χ0) is 18.6. The number of ether oxygens (including phenoxy) is 2. The first-order chi connectivity index (χ1) is 12.8. The standard InChI is InChI=1S/C23H33ClO2/c1-3-4-5-9-16-25-21-12-13-22-19(2)23(14-11-20(22)18-21)26-17-10-7-6-8-15-24/h11-14,18H,3-10,15-17H2,1-2H3. The van der Waals surface area contributed by atoms with Crippen molar-refractivity contribution in [3.05, 3.63) is 35.9 Å². The van der Waals surface area contributed by atoms with Crippen LogP contribution in [0.15, 0.2) is 30.3 Å². The largest absolute Gasteiger partial charge is 0.494 e. The topological polar surface area (TPSA) is 18.5 Å². The van der Waals surface area contributed by atoms with E-state index < -0.39 is 0 Å². The lowest BCUT2D eigenvalue weighted by atomic mass is 10.0. The Morgan fingerprint density at radius 3 is 2.31 bits per heavy atom. The lowest BCUT2D eigenvalue weighted by Gasteiger charge is -2.13. The Hall–Kier alpha value is -1.41. The minimum Gasteiger partial charge on any atom is -0.494 e. The number of fused-ring (bicyclic) bond motifs is 1. The molecule has 0 amide bonds. The van der Waals surface area contributed by atoms with Crippen molar-refractivity contribution in [3.8, 4) is 11.5 Å². The monoisotopic (exact) mass is 376 g/mol. The van der Waals surface area contributed by atoms with Crippen molar-refractivity contribution in [3.63, 3.8) is 0 Å². The first kappa shape index (κ1) is 20.9. The van der Waals surface area contributed by atoms with E-state index in [4.69, 9.17) is 21.1 Å². The maximum Gasteiger partial charge on any atom is 0.122 e. The van der Waals surface area contributed by atoms with Gasteiger partial charge in [-0.05, 0) is 60.7 Å². The van der Waals surface area contributed by atoms with Crippen LogP contribution in [0.4, 0.5) is 0 Å². The third kappa shape index (κ3) is 6.72. The van der Waals surface area contributed by atoms with Crippen molar-refractivity contribution in [1.82, 2.24) is 0 Å². The van der Waals surface area contributed by atoms with E-state index in [1.807, 2.05) is 0 Å². The molecule has 0 bridgehead atoms. The fourth-order valence-electron chi connectivity index (χ4n) is 3.14. The van der Waals surface area contributed by atoms with Gasteiger partial charge in [0.2, 0.25) is 0 Å². The fourth-order valence-corrected chi connectivity index (χ4v) is 3.33. The lowest BCUT2D eigenvalue weighted by molar-refractivity contribution is 0.303. The van der Waals surface area contributed by atoms with Crippen LogP contribution in [-0.2, 0) is 0 Å². The molecule has 0 atom stereocenters. The number of hydrogen-bond donors (Lipinski definition) is 0. The number of alkyl halides is 1. The highest BCUT2D eigenvalue weighted by molar-refractivity contribution is 6.17. The predicted molar refractivity (Wildman–Crippen MR) is 113 cm³/mol. The number of unbranched alkanes of at least 4 members (excludes halogenated alkanes) is 6. The van der Waals surface area contributed by atoms with Crippen LogP contribution in [0, 0.1) is 6.92 Å². The second-order valence-corrected chi connectivity index (χ2v) is 7.31. The average Bonchev–Trinajstić information content (AvgIpc) is 2.66. The summed E-state index contributed by atoms with van der Waals surface area (Å²) >= 11 is 5.71. The molecule has 0 unspecified atom stereocenters. The molecule has 3 heteroatoms. The number of hydrogen-bond acceptors (Lipinski definition) is 2. The Bertz CT molecular complexity index is 654. The van der Waals surface area contributed by atoms with Gasteiger partial charge >= 0.3 is 0 Å². The molecule has 0 heterocycles. The highest BCUT2D eigenvalue weighted by Gasteiger charge is 2.06. The van der Waals surface area contributed by atoms with Crippen molar-refractivity contribution in [2.45, 2.75) is 65.2 Å². The average molecular weight is 377 g/mol. The van der Waals surface area contributed by atoms with E-state index in [0.717, 1.165) is 49.9 Å². The maximum atomic E-state index is 5.99. The highest BCUT2D eigenvalue weighted by atomic mass is 35.5. The van der Waals surface area contributed by atoms with E-state index in [1.165, 1.54) is 48.4 Å². The molecule has 0 saturated carbocycles. The molecular formula is C23H33ClO2. The summed E-state index contributed by atoms with van der Waals surface area (Å²) in [6, 6.07) is 10.6. The molecule has 2 aromatic rings. The minimum atomic E-state index is 0.759. The normalized spacial score (nSPS) is 11.0. The van der Waals surface area contributed by atoms with Crippen molar-refractivity contribution >= 4 is 22.4 Å². The minimum absolute atomic E-state index is 0.759. The number of benzene rings is 2. The predicted octanol–water partition coefficient (Wildman–Crippen LogP) is 7.29. The molecule has 26 heavy (non-hydrogen) atoms. The number of aryl methyl sites for hydroxylation is 1. The molecule has 0 aliphatic heterocycles. The van der Waals surface area contributed by atoms with E-state index in [-0.39, 0.29) is 0 Å². The molecule has 2 aromatic carbocycles. The van der Waals surface area contributed by atoms with Crippen LogP contribution in [0.3, 0.4) is 0 Å². The molecule has 2 rings (SSSR count). The Balaban J connectivity index is 1.88. The summed E-state index contributed by atoms with van der Waals surface area (Å²) in [7, 11) is 0. The van der Waals surface area contributed by atoms with Crippen LogP contribution in [-0.4, -0.2) is 19.1 Å². The van der Waals surface area contributed by atoms with Crippen molar-refractivity contribution in [2.24, 2.45) is 0 Å². The van der Waals surface area contributed by atoms with Gasteiger partial charge in [-0.15, -0.1) is 11.6 Å². The maximum absolute atomic E-state index is 5.99. The van der Waals surface area contributed by atoms with Crippen LogP contribution < -0.4 is 9.47 Å². The van der Waals surface area contributed by atoms with E-state index >= 15 is 0 Å². The summed E-state index contributed by atoms with van der Waals surface area (Å²) in [6.45, 7) is 5.94. The van der Waals surface area contributed by atoms with Crippen LogP contribution >= 0.6 is 11.6 Å². The summed E-state index contributed by atoms with van der Waals surface area (Å²) in [4.78, 5) is 0. The van der Waals surface area contributed by atoms with E-state index in [0.29, 0.717) is 0 Å². The molecule has 0 fully saturated rings. The van der Waals surface area contributed by atoms with Gasteiger partial charge in [-0.25, -0.2) is 0 Å². The van der Waals surface area contributed by atoms with Gasteiger partial charge in [0.05, 0.1) is 13.2 Å². The third-order valence-corrected chi connectivity index (χ3v) is 5.03. The smallest absolute Gasteiger partial charge is 0.122 e. The molecule has 0 N–H and O–H groups in total. The quantitative estimate of drug-likeness (QED) is 0.270. The molecule has 0 aliphatic rings. The second-order valence-electron chi connectivity index (χ2n) is 6.93. The van der Waals surface area contributed by atoms with Gasteiger partial charge in [0, 0.05) is 5.88 Å². The van der Waals surface area contributed by atoms with Crippen LogP contribution in [0.25, 0.3) is 10.8 Å². The third-order valence-electron chi connectivity index (χ3n) is 4.76. The van der Waals surface area contributed by atoms with Gasteiger partial charge in [0.15, 0.2) is 0 Å². The van der Waals surface area contributed by atoms with Gasteiger partial charge in [0.25, 0.3) is 0 Å². The Morgan fingerprint density at radius 2 is 1.54 bits per heavy atom. The van der Waals surface area contributed by atoms with E-state index in [2.05, 4.69) is 44.2 Å². The summed E-state index contributed by atoms with van der Waals surface area (Å²) < 4.78 is 11.9. The van der Waals surface area contributed by atoms with E-state index in [9.17, 15) is 0 Å². The molecule has 0 aromatic heterocycles. The summed E-state index contributed by atoms with van der Waals surface area (Å²) in [5.74, 6) is 2.71. The zero-order valence-electron chi connectivity index (χ0n) is 16.4. The first-order valence-electron chi connectivity index (χ1n) is 10.1. The van der Waals surface area contributed by atoms with Gasteiger partial charge in [-0.2, -0.15) is 0 Å². The van der Waals surface area contributed by atoms with Gasteiger partial charge in [-0.3, -0.25) is 0 Å². The Labute approximate surface area is 163 Å². The molecular weight excluding hydrogens is 344 g/mol. The van der Waals surface area contributed by atoms with Crippen molar-refractivity contribution in [2.75, 3.05) is 19.1 Å². The molecule has 0 aliphatic carbocycles. The molecule has 2 nitrogen and oxygen atoms in total. The van der Waals surface area contributed by atoms with Crippen LogP contribution in [0.1, 0.15) is 63.9 Å². The summed E-state index contributed by atoms with van der Waals surface area (Å²) in [5, 5.41) is 2.45. The molecule has 0 saturated heterocycles. The zero-order valence-corrected chi connectivity index (χ0v) is 17.1. The lowest BCUT2D eigenvalue weighted by Crippen LogP contribution is -2.00. The van der Waals surface area contributed by atoms with Crippen molar-refractivity contribution in [1.29, 1.82) is 0 Å². The summed E-state index contributed by atoms with van der Waals surface area (Å²) in [5.41, 5.74) is 1.21. The Morgan fingerprint density at radius 1 is 0.808 bits per heavy atom. The van der Waals surface area contributed by atoms with Gasteiger partial charge < -0.3 is 9.47 Å². The van der Waals surface area contributed by atoms with Crippen LogP contribution in [0.5, 0.6) is 11.5 Å². The van der Waals surface area contributed by atoms with Gasteiger partial charge in [0.1, 0.15) is 11.5 Å². The molecule has 0 radical (unpaired) electrons. The Kier molecular flexibility index (Phi) is 9.70. The number of rotatable bonds is 13. The molecule has 144 valence electrons. The second kappa shape index (κ2) is 12.1. The molecule has 0 spiro atoms. The van der Waals surface area contributed by atoms with Crippen molar-refractivity contribution < 1.29 is 9.47 Å². The van der Waals surface area contributed by atoms with Crippen LogP contribution in [0.2, 0.25) is 0 Å². The van der Waals surface area contributed by atoms with Gasteiger partial charge in [-0.1, -0.05) is 51.2 Å².